The fourth-order valence-corrected chi connectivity index (χ4v) is 1.73. The third kappa shape index (κ3) is 4.51. The van der Waals surface area contributed by atoms with Crippen LogP contribution in [0.3, 0.4) is 0 Å². The van der Waals surface area contributed by atoms with E-state index in [4.69, 9.17) is 5.14 Å². The van der Waals surface area contributed by atoms with Crippen LogP contribution < -0.4 is 15.8 Å². The first kappa shape index (κ1) is 13.6. The number of hydrogen-bond donors (Lipinski definition) is 3. The molecule has 0 aliphatic rings. The Bertz CT molecular complexity index is 482. The van der Waals surface area contributed by atoms with Gasteiger partial charge in [0.25, 0.3) is 5.91 Å². The largest absolute Gasteiger partial charge is 0.339 e. The van der Waals surface area contributed by atoms with E-state index in [2.05, 4.69) is 5.32 Å². The molecular weight excluding hydrogens is 242 g/mol. The average molecular weight is 258 g/mol. The monoisotopic (exact) mass is 258 g/mol. The summed E-state index contributed by atoms with van der Waals surface area (Å²) in [5.74, 6) is -0.129. The summed E-state index contributed by atoms with van der Waals surface area (Å²) in [6, 6.07) is 5.72. The number of rotatable bonds is 5. The minimum atomic E-state index is -3.68. The zero-order chi connectivity index (χ0) is 12.9. The molecule has 5 N–H and O–H groups in total. The van der Waals surface area contributed by atoms with Crippen molar-refractivity contribution in [3.05, 3.63) is 24.3 Å². The number of nitrogens with two attached hydrogens (primary N) is 2. The molecule has 0 heterocycles. The number of nitrogens with one attached hydrogen (secondary N) is 1. The maximum Gasteiger partial charge on any atom is 0.279 e. The lowest BCUT2D eigenvalue weighted by Crippen LogP contribution is -2.85. The Kier molecular flexibility index (Phi) is 4.62. The first-order valence-electron chi connectivity index (χ1n) is 5.18. The second-order valence-corrected chi connectivity index (χ2v) is 5.08. The van der Waals surface area contributed by atoms with Crippen molar-refractivity contribution in [1.82, 2.24) is 0 Å². The molecule has 6 nitrogen and oxygen atoms in total. The van der Waals surface area contributed by atoms with E-state index in [1.807, 2.05) is 12.2 Å². The average Bonchev–Trinajstić information content (AvgIpc) is 2.26. The number of quaternary nitrogens is 1. The molecule has 0 saturated heterocycles. The number of carbonyl (C=O) groups excluding carboxylic acids is 1. The van der Waals surface area contributed by atoms with E-state index < -0.39 is 10.0 Å². The highest BCUT2D eigenvalue weighted by Crippen LogP contribution is 2.12. The Morgan fingerprint density at radius 1 is 1.35 bits per heavy atom. The Morgan fingerprint density at radius 2 is 1.94 bits per heavy atom. The molecule has 1 rings (SSSR count). The SMILES string of the molecule is CC[NH2+]CC(=O)Nc1ccc(S(N)(=O)=O)cc1. The zero-order valence-electron chi connectivity index (χ0n) is 9.51. The van der Waals surface area contributed by atoms with Gasteiger partial charge in [-0.1, -0.05) is 0 Å². The van der Waals surface area contributed by atoms with Gasteiger partial charge in [-0.2, -0.15) is 0 Å². The first-order valence-corrected chi connectivity index (χ1v) is 6.72. The molecule has 0 aliphatic carbocycles. The van der Waals surface area contributed by atoms with Gasteiger partial charge in [0.05, 0.1) is 11.4 Å². The predicted octanol–water partition coefficient (Wildman–Crippen LogP) is -1.14. The summed E-state index contributed by atoms with van der Waals surface area (Å²) in [6.07, 6.45) is 0. The normalized spacial score (nSPS) is 11.2. The Hall–Kier alpha value is -1.44. The van der Waals surface area contributed by atoms with Crippen molar-refractivity contribution in [1.29, 1.82) is 0 Å². The first-order chi connectivity index (χ1) is 7.93. The highest BCUT2D eigenvalue weighted by atomic mass is 32.2. The van der Waals surface area contributed by atoms with Gasteiger partial charge in [0.15, 0.2) is 6.54 Å². The van der Waals surface area contributed by atoms with Gasteiger partial charge >= 0.3 is 0 Å². The summed E-state index contributed by atoms with van der Waals surface area (Å²) in [5, 5.41) is 9.46. The van der Waals surface area contributed by atoms with Gasteiger partial charge in [-0.05, 0) is 31.2 Å². The molecule has 94 valence electrons. The maximum absolute atomic E-state index is 11.4. The molecule has 1 amide bonds. The summed E-state index contributed by atoms with van der Waals surface area (Å²) < 4.78 is 22.0. The third-order valence-corrected chi connectivity index (χ3v) is 3.01. The Balaban J connectivity index is 2.66. The molecule has 0 aliphatic heterocycles. The van der Waals surface area contributed by atoms with Crippen LogP contribution in [0.15, 0.2) is 29.2 Å². The lowest BCUT2D eigenvalue weighted by atomic mass is 10.3. The van der Waals surface area contributed by atoms with E-state index in [9.17, 15) is 13.2 Å². The molecule has 0 fully saturated rings. The molecular formula is C10H16N3O3S+. The van der Waals surface area contributed by atoms with Crippen molar-refractivity contribution in [2.75, 3.05) is 18.4 Å². The number of likely N-dealkylation sites (N-methyl/N-ethyl adjacent to an activating group) is 1. The third-order valence-electron chi connectivity index (χ3n) is 2.09. The molecule has 1 aromatic rings. The van der Waals surface area contributed by atoms with Crippen LogP contribution >= 0.6 is 0 Å². The van der Waals surface area contributed by atoms with Gasteiger partial charge in [0.1, 0.15) is 0 Å². The molecule has 0 aromatic heterocycles. The minimum Gasteiger partial charge on any atom is -0.339 e. The van der Waals surface area contributed by atoms with Crippen molar-refractivity contribution < 1.29 is 18.5 Å². The summed E-state index contributed by atoms with van der Waals surface area (Å²) in [4.78, 5) is 11.4. The molecule has 0 saturated carbocycles. The standard InChI is InChI=1S/C10H15N3O3S/c1-2-12-7-10(14)13-8-3-5-9(6-4-8)17(11,15)16/h3-6,12H,2,7H2,1H3,(H,13,14)(H2,11,15,16)/p+1. The summed E-state index contributed by atoms with van der Waals surface area (Å²) >= 11 is 0. The molecule has 0 radical (unpaired) electrons. The molecule has 0 atom stereocenters. The number of carbonyl (C=O) groups is 1. The molecule has 0 unspecified atom stereocenters. The molecule has 1 aromatic carbocycles. The quantitative estimate of drug-likeness (QED) is 0.621. The van der Waals surface area contributed by atoms with Gasteiger partial charge < -0.3 is 10.6 Å². The van der Waals surface area contributed by atoms with Crippen molar-refractivity contribution in [2.45, 2.75) is 11.8 Å². The van der Waals surface area contributed by atoms with Crippen LogP contribution in [0.1, 0.15) is 6.92 Å². The highest BCUT2D eigenvalue weighted by Gasteiger charge is 2.08. The number of sulfonamides is 1. The van der Waals surface area contributed by atoms with E-state index in [1.165, 1.54) is 24.3 Å². The second kappa shape index (κ2) is 5.76. The van der Waals surface area contributed by atoms with E-state index in [0.29, 0.717) is 12.2 Å². The van der Waals surface area contributed by atoms with Crippen LogP contribution in [-0.4, -0.2) is 27.4 Å². The van der Waals surface area contributed by atoms with Crippen LogP contribution in [0.25, 0.3) is 0 Å². The Labute approximate surface area is 100 Å². The van der Waals surface area contributed by atoms with E-state index in [-0.39, 0.29) is 10.8 Å². The highest BCUT2D eigenvalue weighted by molar-refractivity contribution is 7.89. The van der Waals surface area contributed by atoms with Gasteiger partial charge in [-0.3, -0.25) is 4.79 Å². The van der Waals surface area contributed by atoms with Gasteiger partial charge in [0, 0.05) is 5.69 Å². The summed E-state index contributed by atoms with van der Waals surface area (Å²) in [6.45, 7) is 3.12. The second-order valence-electron chi connectivity index (χ2n) is 3.52. The van der Waals surface area contributed by atoms with Crippen molar-refractivity contribution in [2.24, 2.45) is 5.14 Å². The number of hydrogen-bond acceptors (Lipinski definition) is 3. The van der Waals surface area contributed by atoms with Crippen LogP contribution in [0, 0.1) is 0 Å². The summed E-state index contributed by atoms with van der Waals surface area (Å²) in [5.41, 5.74) is 0.548. The zero-order valence-corrected chi connectivity index (χ0v) is 10.3. The van der Waals surface area contributed by atoms with Gasteiger partial charge in [-0.15, -0.1) is 0 Å². The van der Waals surface area contributed by atoms with Crippen LogP contribution in [0.2, 0.25) is 0 Å². The maximum atomic E-state index is 11.4. The fraction of sp³-hybridized carbons (Fsp3) is 0.300. The topological polar surface area (TPSA) is 106 Å². The van der Waals surface area contributed by atoms with E-state index in [0.717, 1.165) is 6.54 Å². The van der Waals surface area contributed by atoms with Crippen molar-refractivity contribution in [3.8, 4) is 0 Å². The van der Waals surface area contributed by atoms with Crippen LogP contribution in [0.4, 0.5) is 5.69 Å². The Morgan fingerprint density at radius 3 is 2.41 bits per heavy atom. The molecule has 7 heteroatoms. The van der Waals surface area contributed by atoms with Crippen molar-refractivity contribution >= 4 is 21.6 Å². The minimum absolute atomic E-state index is 0.0237. The number of anilines is 1. The lowest BCUT2D eigenvalue weighted by molar-refractivity contribution is -0.640. The van der Waals surface area contributed by atoms with Crippen molar-refractivity contribution in [3.63, 3.8) is 0 Å². The van der Waals surface area contributed by atoms with Gasteiger partial charge in [0.2, 0.25) is 10.0 Å². The van der Waals surface area contributed by atoms with Crippen LogP contribution in [0.5, 0.6) is 0 Å². The molecule has 0 spiro atoms. The number of primary sulfonamides is 1. The predicted molar refractivity (Wildman–Crippen MR) is 63.8 cm³/mol. The molecule has 0 bridgehead atoms. The number of amides is 1. The van der Waals surface area contributed by atoms with Crippen LogP contribution in [-0.2, 0) is 14.8 Å². The lowest BCUT2D eigenvalue weighted by Gasteiger charge is -2.04. The van der Waals surface area contributed by atoms with E-state index >= 15 is 0 Å². The smallest absolute Gasteiger partial charge is 0.279 e. The number of benzene rings is 1. The van der Waals surface area contributed by atoms with E-state index in [1.54, 1.807) is 0 Å². The molecule has 17 heavy (non-hydrogen) atoms. The van der Waals surface area contributed by atoms with Gasteiger partial charge in [-0.25, -0.2) is 13.6 Å². The summed E-state index contributed by atoms with van der Waals surface area (Å²) in [7, 11) is -3.68. The fourth-order valence-electron chi connectivity index (χ4n) is 1.22.